The summed E-state index contributed by atoms with van der Waals surface area (Å²) in [6.45, 7) is 7.92. The van der Waals surface area contributed by atoms with Crippen LogP contribution in [0.5, 0.6) is 5.75 Å². The molecule has 0 radical (unpaired) electrons. The molecule has 1 aliphatic heterocycles. The number of aromatic nitrogens is 1. The zero-order valence-corrected chi connectivity index (χ0v) is 19.5. The topological polar surface area (TPSA) is 138 Å². The van der Waals surface area contributed by atoms with Crippen molar-refractivity contribution in [3.8, 4) is 5.75 Å². The van der Waals surface area contributed by atoms with Gasteiger partial charge < -0.3 is 36.3 Å². The molecule has 3 rings (SSSR count). The molecule has 2 heterocycles. The van der Waals surface area contributed by atoms with Crippen molar-refractivity contribution in [2.24, 2.45) is 5.73 Å². The molecule has 0 spiro atoms. The Hall–Kier alpha value is -3.23. The molecule has 2 aromatic rings. The van der Waals surface area contributed by atoms with Crippen LogP contribution in [-0.2, 0) is 15.1 Å². The van der Waals surface area contributed by atoms with Gasteiger partial charge in [0.15, 0.2) is 0 Å². The van der Waals surface area contributed by atoms with Crippen molar-refractivity contribution < 1.29 is 19.7 Å². The van der Waals surface area contributed by atoms with Crippen LogP contribution in [0.15, 0.2) is 36.9 Å². The van der Waals surface area contributed by atoms with Crippen molar-refractivity contribution in [2.75, 3.05) is 26.0 Å². The first-order valence-electron chi connectivity index (χ1n) is 11.0. The highest BCUT2D eigenvalue weighted by Gasteiger charge is 2.34. The number of nitrogens with two attached hydrogens (primary N) is 2. The summed E-state index contributed by atoms with van der Waals surface area (Å²) >= 11 is 0. The number of para-hydroxylation sites is 1. The molecule has 2 atom stereocenters. The molecule has 7 N–H and O–H groups in total. The average Bonchev–Trinajstić information content (AvgIpc) is 2.94. The van der Waals surface area contributed by atoms with Crippen LogP contribution >= 0.6 is 0 Å². The molecule has 8 nitrogen and oxygen atoms in total. The van der Waals surface area contributed by atoms with Crippen LogP contribution in [0.3, 0.4) is 0 Å². The van der Waals surface area contributed by atoms with Crippen LogP contribution in [0.2, 0.25) is 0 Å². The smallest absolute Gasteiger partial charge is 0.246 e. The summed E-state index contributed by atoms with van der Waals surface area (Å²) in [4.78, 5) is 17.1. The lowest BCUT2D eigenvalue weighted by Crippen LogP contribution is -2.39. The first-order chi connectivity index (χ1) is 15.5. The van der Waals surface area contributed by atoms with Gasteiger partial charge in [-0.25, -0.2) is 0 Å². The number of amides is 1. The lowest BCUT2D eigenvalue weighted by Gasteiger charge is -2.29. The first kappa shape index (κ1) is 24.4. The van der Waals surface area contributed by atoms with Crippen LogP contribution in [0, 0.1) is 0 Å². The molecular weight excluding hydrogens is 420 g/mol. The number of nitrogens with zero attached hydrogens (tertiary/aromatic N) is 1. The van der Waals surface area contributed by atoms with Crippen molar-refractivity contribution in [3.63, 3.8) is 0 Å². The maximum Gasteiger partial charge on any atom is 0.246 e. The monoisotopic (exact) mass is 454 g/mol. The number of aromatic hydroxyl groups is 1. The third-order valence-electron chi connectivity index (χ3n) is 6.18. The Morgan fingerprint density at radius 3 is 2.70 bits per heavy atom. The van der Waals surface area contributed by atoms with Gasteiger partial charge in [0.1, 0.15) is 11.6 Å². The van der Waals surface area contributed by atoms with Gasteiger partial charge in [-0.3, -0.25) is 4.79 Å². The molecule has 0 aliphatic carbocycles. The van der Waals surface area contributed by atoms with Gasteiger partial charge in [-0.2, -0.15) is 0 Å². The Bertz CT molecular complexity index is 1050. The number of H-pyrrole nitrogens is 1. The van der Waals surface area contributed by atoms with E-state index in [1.165, 1.54) is 6.08 Å². The van der Waals surface area contributed by atoms with Crippen LogP contribution in [0.4, 0.5) is 5.82 Å². The van der Waals surface area contributed by atoms with Crippen LogP contribution < -0.4 is 11.5 Å². The number of carbonyl (C=O) groups is 1. The first-order valence-corrected chi connectivity index (χ1v) is 11.0. The third-order valence-corrected chi connectivity index (χ3v) is 6.18. The number of aromatic amines is 1. The van der Waals surface area contributed by atoms with E-state index in [-0.39, 0.29) is 23.6 Å². The molecule has 0 saturated carbocycles. The summed E-state index contributed by atoms with van der Waals surface area (Å²) in [7, 11) is 1.74. The fourth-order valence-electron chi connectivity index (χ4n) is 4.44. The van der Waals surface area contributed by atoms with E-state index in [4.69, 9.17) is 16.2 Å². The minimum Gasteiger partial charge on any atom is -0.507 e. The van der Waals surface area contributed by atoms with Gasteiger partial charge in [-0.05, 0) is 51.0 Å². The minimum atomic E-state index is -1.22. The lowest BCUT2D eigenvalue weighted by atomic mass is 9.85. The second-order valence-electron chi connectivity index (χ2n) is 9.02. The molecule has 1 aromatic carbocycles. The largest absolute Gasteiger partial charge is 0.507 e. The number of rotatable bonds is 6. The normalized spacial score (nSPS) is 19.7. The van der Waals surface area contributed by atoms with Gasteiger partial charge >= 0.3 is 0 Å². The molecule has 1 aromatic heterocycles. The zero-order chi connectivity index (χ0) is 24.3. The van der Waals surface area contributed by atoms with E-state index in [2.05, 4.69) is 11.6 Å². The molecule has 1 saturated heterocycles. The summed E-state index contributed by atoms with van der Waals surface area (Å²) in [6.07, 6.45) is 4.31. The molecule has 33 heavy (non-hydrogen) atoms. The average molecular weight is 455 g/mol. The Morgan fingerprint density at radius 2 is 2.06 bits per heavy atom. The fourth-order valence-corrected chi connectivity index (χ4v) is 4.44. The van der Waals surface area contributed by atoms with E-state index in [0.717, 1.165) is 5.69 Å². The number of anilines is 1. The van der Waals surface area contributed by atoms with Crippen molar-refractivity contribution in [2.45, 2.75) is 44.2 Å². The molecule has 2 unspecified atom stereocenters. The number of nitrogen functional groups attached to an aromatic ring is 1. The van der Waals surface area contributed by atoms with Crippen molar-refractivity contribution in [1.29, 1.82) is 0 Å². The Balaban J connectivity index is 2.06. The molecule has 1 amide bonds. The van der Waals surface area contributed by atoms with E-state index in [9.17, 15) is 15.0 Å². The van der Waals surface area contributed by atoms with Gasteiger partial charge in [-0.15, -0.1) is 0 Å². The molecule has 178 valence electrons. The number of phenolic OH excluding ortho intramolecular Hbond substituents is 1. The zero-order valence-electron chi connectivity index (χ0n) is 19.5. The molecule has 0 bridgehead atoms. The minimum absolute atomic E-state index is 0.0326. The van der Waals surface area contributed by atoms with E-state index in [0.29, 0.717) is 54.3 Å². The number of hydrogen-bond acceptors (Lipinski definition) is 6. The Kier molecular flexibility index (Phi) is 7.19. The number of hydrogen-bond donors (Lipinski definition) is 5. The predicted molar refractivity (Wildman–Crippen MR) is 130 cm³/mol. The van der Waals surface area contributed by atoms with E-state index < -0.39 is 5.60 Å². The Morgan fingerprint density at radius 1 is 1.36 bits per heavy atom. The van der Waals surface area contributed by atoms with Gasteiger partial charge in [-0.1, -0.05) is 18.7 Å². The summed E-state index contributed by atoms with van der Waals surface area (Å²) in [5.41, 5.74) is 14.3. The molecule has 1 fully saturated rings. The van der Waals surface area contributed by atoms with Crippen molar-refractivity contribution in [1.82, 2.24) is 9.88 Å². The maximum absolute atomic E-state index is 12.2. The highest BCUT2D eigenvalue weighted by Crippen LogP contribution is 2.40. The Labute approximate surface area is 194 Å². The molecule has 8 heteroatoms. The molecular formula is C25H34N4O4. The predicted octanol–water partition coefficient (Wildman–Crippen LogP) is 2.89. The van der Waals surface area contributed by atoms with E-state index in [1.54, 1.807) is 56.1 Å². The van der Waals surface area contributed by atoms with Gasteiger partial charge in [0.2, 0.25) is 5.91 Å². The van der Waals surface area contributed by atoms with Crippen LogP contribution in [-0.4, -0.2) is 52.3 Å². The number of nitrogens with one attached hydrogen (secondary N) is 1. The highest BCUT2D eigenvalue weighted by atomic mass is 16.5. The molecule has 1 aliphatic rings. The summed E-state index contributed by atoms with van der Waals surface area (Å²) < 4.78 is 5.78. The summed E-state index contributed by atoms with van der Waals surface area (Å²) in [6, 6.07) is 6.63. The number of phenols is 1. The number of likely N-dealkylation sites (N-methyl/N-ethyl adjacent to an activating group) is 1. The van der Waals surface area contributed by atoms with E-state index in [1.807, 2.05) is 0 Å². The lowest BCUT2D eigenvalue weighted by molar-refractivity contribution is -0.127. The number of aliphatic hydroxyl groups is 1. The fraction of sp³-hybridized carbons (Fsp3) is 0.400. The van der Waals surface area contributed by atoms with Crippen molar-refractivity contribution in [3.05, 3.63) is 59.3 Å². The number of carbonyl (C=O) groups excluding carboxylic acids is 1. The van der Waals surface area contributed by atoms with Gasteiger partial charge in [0.05, 0.1) is 18.2 Å². The van der Waals surface area contributed by atoms with Crippen molar-refractivity contribution >= 4 is 23.5 Å². The SMILES string of the molecule is C=CC(=O)N(C)C1COCCC(c2[nH]c(N)c(/C=C(\N)c3ccccc3O)c2C(C)(C)O)C1. The standard InChI is InChI=1S/C25H34N4O4/c1-5-21(31)29(4)16-12-15(10-11-33-14-16)23-22(25(2,3)32)18(24(27)28-23)13-19(26)17-8-6-7-9-20(17)30/h5-9,13,15-16,28,30,32H,1,10-12,14,26-27H2,2-4H3/b19-13-. The second-order valence-corrected chi connectivity index (χ2v) is 9.02. The van der Waals surface area contributed by atoms with Gasteiger partial charge in [0.25, 0.3) is 0 Å². The maximum atomic E-state index is 12.2. The second kappa shape index (κ2) is 9.72. The highest BCUT2D eigenvalue weighted by molar-refractivity contribution is 5.87. The summed E-state index contributed by atoms with van der Waals surface area (Å²) in [5.74, 6) is 0.230. The number of benzene rings is 1. The van der Waals surface area contributed by atoms with Crippen LogP contribution in [0.25, 0.3) is 11.8 Å². The van der Waals surface area contributed by atoms with Crippen LogP contribution in [0.1, 0.15) is 55.0 Å². The quantitative estimate of drug-likeness (QED) is 0.426. The van der Waals surface area contributed by atoms with E-state index >= 15 is 0 Å². The number of ether oxygens (including phenoxy) is 1. The van der Waals surface area contributed by atoms with Gasteiger partial charge in [0, 0.05) is 47.7 Å². The third kappa shape index (κ3) is 5.23. The summed E-state index contributed by atoms with van der Waals surface area (Å²) in [5, 5.41) is 21.3.